The van der Waals surface area contributed by atoms with E-state index in [0.717, 1.165) is 0 Å². The van der Waals surface area contributed by atoms with Crippen LogP contribution in [-0.4, -0.2) is 13.1 Å². The summed E-state index contributed by atoms with van der Waals surface area (Å²) in [6.45, 7) is 0. The minimum atomic E-state index is -0.299. The number of thiophene rings is 1. The van der Waals surface area contributed by atoms with Gasteiger partial charge in [-0.3, -0.25) is 0 Å². The Labute approximate surface area is 57.1 Å². The van der Waals surface area contributed by atoms with E-state index in [1.54, 1.807) is 11.4 Å². The highest BCUT2D eigenvalue weighted by Gasteiger charge is 2.02. The van der Waals surface area contributed by atoms with Crippen LogP contribution in [-0.2, 0) is 4.74 Å². The largest absolute Gasteiger partial charge is 0.465 e. The quantitative estimate of drug-likeness (QED) is 0.551. The zero-order chi connectivity index (χ0) is 6.69. The Morgan fingerprint density at radius 3 is 3.11 bits per heavy atom. The fraction of sp³-hybridized carbons (Fsp3) is 0.167. The van der Waals surface area contributed by atoms with Gasteiger partial charge in [0.1, 0.15) is 0 Å². The van der Waals surface area contributed by atoms with E-state index in [2.05, 4.69) is 10.1 Å². The monoisotopic (exact) mass is 141 g/mol. The van der Waals surface area contributed by atoms with E-state index in [4.69, 9.17) is 0 Å². The standard InChI is InChI=1S/C6H5O2S/c1-8-6(7)5-2-3-9-4-5/h2,4H,1H3. The summed E-state index contributed by atoms with van der Waals surface area (Å²) in [4.78, 5) is 10.6. The van der Waals surface area contributed by atoms with Crippen LogP contribution in [0.25, 0.3) is 0 Å². The van der Waals surface area contributed by atoms with Crippen LogP contribution < -0.4 is 0 Å². The molecule has 0 aliphatic heterocycles. The zero-order valence-corrected chi connectivity index (χ0v) is 5.70. The maximum Gasteiger partial charge on any atom is 0.338 e. The third-order valence-electron chi connectivity index (χ3n) is 0.889. The van der Waals surface area contributed by atoms with Gasteiger partial charge in [-0.1, -0.05) is 0 Å². The van der Waals surface area contributed by atoms with Gasteiger partial charge >= 0.3 is 5.97 Å². The average molecular weight is 141 g/mol. The van der Waals surface area contributed by atoms with Crippen LogP contribution in [0, 0.1) is 5.38 Å². The van der Waals surface area contributed by atoms with Gasteiger partial charge < -0.3 is 4.74 Å². The van der Waals surface area contributed by atoms with Crippen LogP contribution in [0.15, 0.2) is 11.4 Å². The molecule has 2 nitrogen and oxygen atoms in total. The van der Waals surface area contributed by atoms with Crippen molar-refractivity contribution in [3.05, 3.63) is 22.4 Å². The van der Waals surface area contributed by atoms with Gasteiger partial charge in [0, 0.05) is 10.8 Å². The highest BCUT2D eigenvalue weighted by atomic mass is 32.1. The third kappa shape index (κ3) is 1.29. The van der Waals surface area contributed by atoms with Crippen molar-refractivity contribution in [1.29, 1.82) is 0 Å². The van der Waals surface area contributed by atoms with Gasteiger partial charge in [0.25, 0.3) is 0 Å². The second kappa shape index (κ2) is 2.64. The Hall–Kier alpha value is -0.830. The summed E-state index contributed by atoms with van der Waals surface area (Å²) in [7, 11) is 1.36. The number of esters is 1. The summed E-state index contributed by atoms with van der Waals surface area (Å²) in [5.74, 6) is -0.299. The van der Waals surface area contributed by atoms with Gasteiger partial charge in [-0.25, -0.2) is 4.79 Å². The van der Waals surface area contributed by atoms with Crippen molar-refractivity contribution in [1.82, 2.24) is 0 Å². The number of hydrogen-bond donors (Lipinski definition) is 0. The third-order valence-corrected chi connectivity index (χ3v) is 1.52. The first-order chi connectivity index (χ1) is 4.34. The lowest BCUT2D eigenvalue weighted by Crippen LogP contribution is -1.97. The summed E-state index contributed by atoms with van der Waals surface area (Å²) in [6, 6.07) is 1.61. The highest BCUT2D eigenvalue weighted by Crippen LogP contribution is 2.05. The van der Waals surface area contributed by atoms with Crippen LogP contribution in [0.2, 0.25) is 0 Å². The van der Waals surface area contributed by atoms with Gasteiger partial charge in [0.15, 0.2) is 0 Å². The summed E-state index contributed by atoms with van der Waals surface area (Å²) in [6.07, 6.45) is 0. The van der Waals surface area contributed by atoms with Crippen molar-refractivity contribution < 1.29 is 9.53 Å². The van der Waals surface area contributed by atoms with Gasteiger partial charge in [-0.05, 0) is 6.07 Å². The van der Waals surface area contributed by atoms with E-state index >= 15 is 0 Å². The number of ether oxygens (including phenoxy) is 1. The smallest absolute Gasteiger partial charge is 0.338 e. The molecule has 0 saturated carbocycles. The molecule has 0 unspecified atom stereocenters. The zero-order valence-electron chi connectivity index (χ0n) is 4.88. The van der Waals surface area contributed by atoms with Gasteiger partial charge in [-0.2, -0.15) is 0 Å². The molecule has 1 heterocycles. The van der Waals surface area contributed by atoms with E-state index in [9.17, 15) is 4.79 Å². The molecule has 47 valence electrons. The van der Waals surface area contributed by atoms with E-state index in [1.807, 2.05) is 0 Å². The second-order valence-corrected chi connectivity index (χ2v) is 2.15. The number of methoxy groups -OCH3 is 1. The van der Waals surface area contributed by atoms with Crippen LogP contribution in [0.4, 0.5) is 0 Å². The fourth-order valence-electron chi connectivity index (χ4n) is 0.454. The predicted octanol–water partition coefficient (Wildman–Crippen LogP) is 1.33. The normalized spacial score (nSPS) is 9.00. The molecule has 0 bridgehead atoms. The van der Waals surface area contributed by atoms with Crippen molar-refractivity contribution in [2.24, 2.45) is 0 Å². The predicted molar refractivity (Wildman–Crippen MR) is 34.5 cm³/mol. The molecule has 0 atom stereocenters. The molecule has 0 amide bonds. The molecule has 0 aliphatic rings. The van der Waals surface area contributed by atoms with E-state index < -0.39 is 0 Å². The topological polar surface area (TPSA) is 26.3 Å². The van der Waals surface area contributed by atoms with Gasteiger partial charge in [0.2, 0.25) is 0 Å². The molecule has 0 saturated heterocycles. The molecular weight excluding hydrogens is 136 g/mol. The summed E-state index contributed by atoms with van der Waals surface area (Å²) < 4.78 is 4.44. The average Bonchev–Trinajstić information content (AvgIpc) is 2.37. The SMILES string of the molecule is COC(=O)c1c[c]sc1. The van der Waals surface area contributed by atoms with Crippen LogP contribution in [0.1, 0.15) is 10.4 Å². The van der Waals surface area contributed by atoms with Gasteiger partial charge in [-0.15, -0.1) is 11.3 Å². The Morgan fingerprint density at radius 2 is 2.67 bits per heavy atom. The Morgan fingerprint density at radius 1 is 1.89 bits per heavy atom. The summed E-state index contributed by atoms with van der Waals surface area (Å²) in [5.41, 5.74) is 0.572. The maximum atomic E-state index is 10.6. The molecule has 0 aromatic carbocycles. The molecule has 1 aromatic heterocycles. The maximum absolute atomic E-state index is 10.6. The number of carbonyl (C=O) groups is 1. The highest BCUT2D eigenvalue weighted by molar-refractivity contribution is 7.07. The lowest BCUT2D eigenvalue weighted by molar-refractivity contribution is 0.0601. The minimum Gasteiger partial charge on any atom is -0.465 e. The molecule has 3 heteroatoms. The van der Waals surface area contributed by atoms with Gasteiger partial charge in [0.05, 0.1) is 12.7 Å². The molecule has 9 heavy (non-hydrogen) atoms. The number of rotatable bonds is 1. The molecule has 0 fully saturated rings. The molecule has 1 aromatic rings. The van der Waals surface area contributed by atoms with Crippen molar-refractivity contribution in [3.63, 3.8) is 0 Å². The van der Waals surface area contributed by atoms with E-state index in [-0.39, 0.29) is 5.97 Å². The van der Waals surface area contributed by atoms with E-state index in [0.29, 0.717) is 5.56 Å². The minimum absolute atomic E-state index is 0.299. The molecular formula is C6H5O2S. The molecule has 1 radical (unpaired) electrons. The summed E-state index contributed by atoms with van der Waals surface area (Å²) >= 11 is 1.36. The Bertz CT molecular complexity index is 191. The van der Waals surface area contributed by atoms with Crippen molar-refractivity contribution in [2.45, 2.75) is 0 Å². The lowest BCUT2D eigenvalue weighted by Gasteiger charge is -1.90. The molecule has 0 N–H and O–H groups in total. The van der Waals surface area contributed by atoms with E-state index in [1.165, 1.54) is 18.4 Å². The number of hydrogen-bond acceptors (Lipinski definition) is 3. The Balaban J connectivity index is 2.77. The fourth-order valence-corrected chi connectivity index (χ4v) is 1.01. The first-order valence-electron chi connectivity index (χ1n) is 2.37. The molecule has 0 aliphatic carbocycles. The first-order valence-corrected chi connectivity index (χ1v) is 3.25. The molecule has 1 rings (SSSR count). The summed E-state index contributed by atoms with van der Waals surface area (Å²) in [5, 5.41) is 4.49. The second-order valence-electron chi connectivity index (χ2n) is 1.44. The number of carbonyl (C=O) groups excluding carboxylic acids is 1. The van der Waals surface area contributed by atoms with Crippen molar-refractivity contribution in [2.75, 3.05) is 7.11 Å². The Kier molecular flexibility index (Phi) is 1.85. The van der Waals surface area contributed by atoms with Crippen LogP contribution in [0.5, 0.6) is 0 Å². The van der Waals surface area contributed by atoms with Crippen molar-refractivity contribution >= 4 is 17.3 Å². The first kappa shape index (κ1) is 6.29. The van der Waals surface area contributed by atoms with Crippen LogP contribution in [0.3, 0.4) is 0 Å². The van der Waals surface area contributed by atoms with Crippen LogP contribution >= 0.6 is 11.3 Å². The lowest BCUT2D eigenvalue weighted by atomic mass is 10.4. The van der Waals surface area contributed by atoms with Crippen molar-refractivity contribution in [3.8, 4) is 0 Å². The molecule has 0 spiro atoms.